The number of allylic oxidation sites excluding steroid dienone is 6. The molecular weight excluding hydrogens is 790 g/mol. The molecule has 0 bridgehead atoms. The van der Waals surface area contributed by atoms with Crippen molar-refractivity contribution in [2.45, 2.75) is 61.2 Å². The second kappa shape index (κ2) is 18.4. The molecule has 14 nitrogen and oxygen atoms in total. The van der Waals surface area contributed by atoms with Crippen LogP contribution >= 0.6 is 0 Å². The van der Waals surface area contributed by atoms with Crippen LogP contribution in [0.25, 0.3) is 0 Å². The quantitative estimate of drug-likeness (QED) is 0.0793. The molecule has 0 aliphatic carbocycles. The van der Waals surface area contributed by atoms with Crippen LogP contribution in [0.1, 0.15) is 51.7 Å². The van der Waals surface area contributed by atoms with E-state index in [1.54, 1.807) is 67.6 Å². The molecule has 0 aromatic heterocycles. The average molecular weight is 825 g/mol. The van der Waals surface area contributed by atoms with E-state index < -0.39 is 72.6 Å². The Kier molecular flexibility index (Phi) is 17.6. The summed E-state index contributed by atoms with van der Waals surface area (Å²) in [7, 11) is -18.5. The number of hydrogen-bond acceptors (Lipinski definition) is 13. The van der Waals surface area contributed by atoms with Crippen LogP contribution in [0.3, 0.4) is 0 Å². The Morgan fingerprint density at radius 3 is 1.73 bits per heavy atom. The normalized spacial score (nSPS) is 17.5. The van der Waals surface area contributed by atoms with E-state index in [0.29, 0.717) is 33.9 Å². The molecule has 2 aromatic carbocycles. The van der Waals surface area contributed by atoms with Crippen LogP contribution in [0.5, 0.6) is 0 Å². The molecular formula is C31H35N2Na3O12S4. The predicted octanol–water partition coefficient (Wildman–Crippen LogP) is -6.45. The Bertz CT molecular complexity index is 2250. The second-order valence-electron chi connectivity index (χ2n) is 12.7. The van der Waals surface area contributed by atoms with Crippen LogP contribution in [0, 0.1) is 0 Å². The van der Waals surface area contributed by atoms with Crippen molar-refractivity contribution < 1.29 is 145 Å². The molecule has 0 atom stereocenters. The maximum Gasteiger partial charge on any atom is 1.00 e. The third-order valence-electron chi connectivity index (χ3n) is 8.59. The zero-order chi connectivity index (χ0) is 36.8. The van der Waals surface area contributed by atoms with Gasteiger partial charge < -0.3 is 23.1 Å². The molecule has 2 aliphatic rings. The standard InChI is InChI=1S/C31H38N2O12S4.3Na/c1-30(2)24-20-22(48(40,41)42)12-14-26(24)32(16-8-18-46(34,35)36)28(30)10-6-5-7-11-29-31(3,4)25-21-23(49(43,44)45)13-15-27(25)33(29)17-9-19-47(37,38)39;;;/h5-7,10-15,20-21H,8-9,16-19H2,1-4H3,(H3-,34,35,36,37,38,39,40,41,42,43,44,45);;;/q;3*+1/p-3. The van der Waals surface area contributed by atoms with Gasteiger partial charge in [0.15, 0.2) is 5.71 Å². The van der Waals surface area contributed by atoms with Crippen molar-refractivity contribution >= 4 is 57.6 Å². The smallest absolute Gasteiger partial charge is 0.748 e. The van der Waals surface area contributed by atoms with Gasteiger partial charge in [-0.3, -0.25) is 0 Å². The molecule has 4 rings (SSSR count). The van der Waals surface area contributed by atoms with Crippen molar-refractivity contribution in [2.24, 2.45) is 0 Å². The first kappa shape index (κ1) is 49.8. The number of anilines is 1. The molecule has 21 heteroatoms. The minimum Gasteiger partial charge on any atom is -0.748 e. The van der Waals surface area contributed by atoms with Gasteiger partial charge in [-0.2, -0.15) is 4.58 Å². The largest absolute Gasteiger partial charge is 1.00 e. The maximum absolute atomic E-state index is 11.8. The van der Waals surface area contributed by atoms with Gasteiger partial charge in [0.05, 0.1) is 35.4 Å². The molecule has 0 saturated carbocycles. The Morgan fingerprint density at radius 2 is 1.19 bits per heavy atom. The molecule has 0 N–H and O–H groups in total. The Labute approximate surface area is 372 Å². The van der Waals surface area contributed by atoms with Gasteiger partial charge in [0.1, 0.15) is 26.8 Å². The molecule has 0 saturated heterocycles. The molecule has 268 valence electrons. The van der Waals surface area contributed by atoms with Crippen molar-refractivity contribution in [3.05, 3.63) is 83.6 Å². The van der Waals surface area contributed by atoms with E-state index in [-0.39, 0.29) is 115 Å². The molecule has 0 amide bonds. The van der Waals surface area contributed by atoms with Gasteiger partial charge in [0.2, 0.25) is 5.69 Å². The number of nitrogens with zero attached hydrogens (tertiary/aromatic N) is 2. The summed E-state index contributed by atoms with van der Waals surface area (Å²) >= 11 is 0. The molecule has 0 unspecified atom stereocenters. The van der Waals surface area contributed by atoms with Crippen LogP contribution in [0.15, 0.2) is 82.3 Å². The Morgan fingerprint density at radius 1 is 0.673 bits per heavy atom. The van der Waals surface area contributed by atoms with Gasteiger partial charge in [-0.05, 0) is 62.2 Å². The fourth-order valence-electron chi connectivity index (χ4n) is 6.26. The molecule has 0 spiro atoms. The zero-order valence-corrected chi connectivity index (χ0v) is 39.3. The molecule has 0 fully saturated rings. The van der Waals surface area contributed by atoms with Gasteiger partial charge in [-0.25, -0.2) is 33.7 Å². The molecule has 2 aromatic rings. The number of hydrogen-bond donors (Lipinski definition) is 0. The van der Waals surface area contributed by atoms with E-state index in [4.69, 9.17) is 0 Å². The Balaban J connectivity index is 0.00000451. The van der Waals surface area contributed by atoms with Crippen LogP contribution < -0.4 is 93.6 Å². The van der Waals surface area contributed by atoms with Crippen molar-refractivity contribution in [1.82, 2.24) is 0 Å². The first-order chi connectivity index (χ1) is 22.3. The third kappa shape index (κ3) is 11.9. The van der Waals surface area contributed by atoms with Gasteiger partial charge >= 0.3 is 88.7 Å². The van der Waals surface area contributed by atoms with Gasteiger partial charge in [-0.15, -0.1) is 0 Å². The predicted molar refractivity (Wildman–Crippen MR) is 177 cm³/mol. The molecule has 2 aliphatic heterocycles. The van der Waals surface area contributed by atoms with Crippen LogP contribution in [-0.2, 0) is 51.3 Å². The van der Waals surface area contributed by atoms with E-state index >= 15 is 0 Å². The summed E-state index contributed by atoms with van der Waals surface area (Å²) in [6, 6.07) is 7.83. The van der Waals surface area contributed by atoms with E-state index in [1.807, 2.05) is 0 Å². The maximum atomic E-state index is 11.8. The second-order valence-corrected chi connectivity index (χ2v) is 18.5. The fraction of sp³-hybridized carbons (Fsp3) is 0.387. The van der Waals surface area contributed by atoms with Crippen LogP contribution in [-0.4, -0.2) is 86.8 Å². The van der Waals surface area contributed by atoms with Crippen molar-refractivity contribution in [3.8, 4) is 0 Å². The van der Waals surface area contributed by atoms with Crippen molar-refractivity contribution in [2.75, 3.05) is 29.5 Å². The van der Waals surface area contributed by atoms with Crippen molar-refractivity contribution in [1.29, 1.82) is 0 Å². The van der Waals surface area contributed by atoms with Gasteiger partial charge in [0.25, 0.3) is 0 Å². The first-order valence-corrected chi connectivity index (χ1v) is 20.9. The van der Waals surface area contributed by atoms with Gasteiger partial charge in [-0.1, -0.05) is 32.1 Å². The summed E-state index contributed by atoms with van der Waals surface area (Å²) in [6.07, 6.45) is 8.43. The zero-order valence-electron chi connectivity index (χ0n) is 30.0. The van der Waals surface area contributed by atoms with E-state index in [0.717, 1.165) is 0 Å². The topological polar surface area (TPSA) is 235 Å². The van der Waals surface area contributed by atoms with Crippen molar-refractivity contribution in [3.63, 3.8) is 0 Å². The molecule has 2 heterocycles. The minimum absolute atomic E-state index is 0. The third-order valence-corrected chi connectivity index (χ3v) is 11.8. The SMILES string of the molecule is CC1(C)C(/C=C/C=C/C=C2/N(CCCS(=O)(=O)[O-])c3ccc(S(=O)(=O)[O-])cc3C2(C)C)=[N+](CCCS(=O)(=O)[O-])c2ccc(S(=O)(=O)[O-])cc21.[Na+].[Na+].[Na+]. The van der Waals surface area contributed by atoms with Crippen LogP contribution in [0.2, 0.25) is 0 Å². The summed E-state index contributed by atoms with van der Waals surface area (Å²) in [5.74, 6) is -1.23. The fourth-order valence-corrected chi connectivity index (χ4v) is 8.22. The van der Waals surface area contributed by atoms with E-state index in [9.17, 15) is 51.9 Å². The Hall–Kier alpha value is -0.230. The summed E-state index contributed by atoms with van der Waals surface area (Å²) in [5.41, 5.74) is 1.69. The summed E-state index contributed by atoms with van der Waals surface area (Å²) < 4.78 is 140. The van der Waals surface area contributed by atoms with E-state index in [1.165, 1.54) is 36.4 Å². The number of fused-ring (bicyclic) bond motifs is 2. The monoisotopic (exact) mass is 824 g/mol. The molecule has 0 radical (unpaired) electrons. The summed E-state index contributed by atoms with van der Waals surface area (Å²) in [4.78, 5) is 0.917. The minimum atomic E-state index is -4.76. The summed E-state index contributed by atoms with van der Waals surface area (Å²) in [5, 5.41) is 0. The first-order valence-electron chi connectivity index (χ1n) is 14.9. The van der Waals surface area contributed by atoms with Gasteiger partial charge in [0, 0.05) is 59.0 Å². The van der Waals surface area contributed by atoms with Crippen LogP contribution in [0.4, 0.5) is 11.4 Å². The number of benzene rings is 2. The van der Waals surface area contributed by atoms with E-state index in [2.05, 4.69) is 0 Å². The molecule has 52 heavy (non-hydrogen) atoms. The number of rotatable bonds is 13. The average Bonchev–Trinajstić information content (AvgIpc) is 3.29. The summed E-state index contributed by atoms with van der Waals surface area (Å²) in [6.45, 7) is 7.43.